The molecule has 0 unspecified atom stereocenters. The van der Waals surface area contributed by atoms with Crippen molar-refractivity contribution in [1.29, 1.82) is 0 Å². The number of carbonyl (C=O) groups is 1. The fourth-order valence-corrected chi connectivity index (χ4v) is 4.74. The van der Waals surface area contributed by atoms with Crippen molar-refractivity contribution in [1.82, 2.24) is 20.4 Å². The molecule has 2 heterocycles. The fourth-order valence-electron chi connectivity index (χ4n) is 4.74. The zero-order valence-corrected chi connectivity index (χ0v) is 16.1. The number of amides is 1. The van der Waals surface area contributed by atoms with E-state index in [-0.39, 0.29) is 17.7 Å². The Morgan fingerprint density at radius 1 is 1.15 bits per heavy atom. The lowest BCUT2D eigenvalue weighted by atomic mass is 9.78. The van der Waals surface area contributed by atoms with Crippen LogP contribution in [0.5, 0.6) is 0 Å². The molecule has 2 aromatic rings. The Bertz CT molecular complexity index is 749. The smallest absolute Gasteiger partial charge is 0.225 e. The predicted molar refractivity (Wildman–Crippen MR) is 106 cm³/mol. The molecule has 1 aromatic carbocycles. The van der Waals surface area contributed by atoms with Crippen LogP contribution in [0.25, 0.3) is 0 Å². The third-order valence-corrected chi connectivity index (χ3v) is 6.39. The summed E-state index contributed by atoms with van der Waals surface area (Å²) in [6, 6.07) is 10.9. The van der Waals surface area contributed by atoms with Gasteiger partial charge in [-0.05, 0) is 48.6 Å². The van der Waals surface area contributed by atoms with Crippen LogP contribution in [-0.4, -0.2) is 35.3 Å². The van der Waals surface area contributed by atoms with Crippen molar-refractivity contribution >= 4 is 5.91 Å². The van der Waals surface area contributed by atoms with E-state index >= 15 is 0 Å². The van der Waals surface area contributed by atoms with Crippen molar-refractivity contribution in [3.63, 3.8) is 0 Å². The zero-order chi connectivity index (χ0) is 18.6. The van der Waals surface area contributed by atoms with Gasteiger partial charge in [0.15, 0.2) is 0 Å². The number of aromatic nitrogens is 2. The maximum Gasteiger partial charge on any atom is 0.225 e. The van der Waals surface area contributed by atoms with Gasteiger partial charge in [-0.1, -0.05) is 30.3 Å². The number of rotatable bonds is 5. The maximum atomic E-state index is 12.8. The van der Waals surface area contributed by atoms with E-state index < -0.39 is 0 Å². The SMILES string of the molecule is Cn1cc([C@H]2CNC[C@@H]2C(=O)NCC2CCC(c3ccccc3)CC2)cn1. The lowest BCUT2D eigenvalue weighted by molar-refractivity contribution is -0.125. The van der Waals surface area contributed by atoms with Gasteiger partial charge < -0.3 is 10.6 Å². The Hall–Kier alpha value is -2.14. The highest BCUT2D eigenvalue weighted by Crippen LogP contribution is 2.35. The normalized spacial score (nSPS) is 28.2. The molecular weight excluding hydrogens is 336 g/mol. The first-order chi connectivity index (χ1) is 13.2. The number of hydrogen-bond acceptors (Lipinski definition) is 3. The monoisotopic (exact) mass is 366 g/mol. The first-order valence-electron chi connectivity index (χ1n) is 10.2. The minimum absolute atomic E-state index is 0.00913. The molecule has 1 aromatic heterocycles. The van der Waals surface area contributed by atoms with Crippen LogP contribution in [0.3, 0.4) is 0 Å². The van der Waals surface area contributed by atoms with Crippen molar-refractivity contribution < 1.29 is 4.79 Å². The topological polar surface area (TPSA) is 59.0 Å². The number of nitrogens with one attached hydrogen (secondary N) is 2. The molecule has 4 rings (SSSR count). The first kappa shape index (κ1) is 18.2. The second-order valence-corrected chi connectivity index (χ2v) is 8.19. The van der Waals surface area contributed by atoms with Gasteiger partial charge >= 0.3 is 0 Å². The van der Waals surface area contributed by atoms with Gasteiger partial charge in [-0.25, -0.2) is 0 Å². The summed E-state index contributed by atoms with van der Waals surface area (Å²) >= 11 is 0. The Labute approximate surface area is 161 Å². The maximum absolute atomic E-state index is 12.8. The van der Waals surface area contributed by atoms with E-state index in [0.717, 1.165) is 25.2 Å². The summed E-state index contributed by atoms with van der Waals surface area (Å²) in [5, 5.41) is 10.9. The molecule has 1 aliphatic carbocycles. The Balaban J connectivity index is 1.26. The summed E-state index contributed by atoms with van der Waals surface area (Å²) < 4.78 is 1.81. The molecule has 5 heteroatoms. The Morgan fingerprint density at radius 3 is 2.63 bits per heavy atom. The Kier molecular flexibility index (Phi) is 5.58. The van der Waals surface area contributed by atoms with Gasteiger partial charge in [-0.3, -0.25) is 9.48 Å². The van der Waals surface area contributed by atoms with Crippen molar-refractivity contribution in [3.8, 4) is 0 Å². The molecule has 144 valence electrons. The molecule has 1 amide bonds. The van der Waals surface area contributed by atoms with E-state index in [0.29, 0.717) is 11.8 Å². The zero-order valence-electron chi connectivity index (χ0n) is 16.1. The molecule has 1 saturated heterocycles. The van der Waals surface area contributed by atoms with E-state index in [1.165, 1.54) is 31.2 Å². The van der Waals surface area contributed by atoms with Gasteiger partial charge in [0.05, 0.1) is 12.1 Å². The quantitative estimate of drug-likeness (QED) is 0.855. The van der Waals surface area contributed by atoms with Crippen LogP contribution in [0.4, 0.5) is 0 Å². The fraction of sp³-hybridized carbons (Fsp3) is 0.545. The highest BCUT2D eigenvalue weighted by atomic mass is 16.1. The molecule has 2 atom stereocenters. The Morgan fingerprint density at radius 2 is 1.93 bits per heavy atom. The molecule has 27 heavy (non-hydrogen) atoms. The molecule has 5 nitrogen and oxygen atoms in total. The molecule has 1 saturated carbocycles. The highest BCUT2D eigenvalue weighted by molar-refractivity contribution is 5.80. The third-order valence-electron chi connectivity index (χ3n) is 6.39. The van der Waals surface area contributed by atoms with Gasteiger partial charge in [0.2, 0.25) is 5.91 Å². The molecule has 1 aliphatic heterocycles. The second-order valence-electron chi connectivity index (χ2n) is 8.19. The van der Waals surface area contributed by atoms with Crippen molar-refractivity contribution in [3.05, 3.63) is 53.9 Å². The van der Waals surface area contributed by atoms with E-state index in [1.54, 1.807) is 0 Å². The van der Waals surface area contributed by atoms with E-state index in [2.05, 4.69) is 46.1 Å². The molecule has 0 spiro atoms. The standard InChI is InChI=1S/C22H30N4O/c1-26-15-19(12-25-26)20-13-23-14-21(20)22(27)24-11-16-7-9-18(10-8-16)17-5-3-2-4-6-17/h2-6,12,15-16,18,20-21,23H,7-11,13-14H2,1H3,(H,24,27)/t16?,18?,20-,21+/m1/s1. The van der Waals surface area contributed by atoms with E-state index in [1.807, 2.05) is 24.1 Å². The number of nitrogens with zero attached hydrogens (tertiary/aromatic N) is 2. The predicted octanol–water partition coefficient (Wildman–Crippen LogP) is 2.81. The number of aryl methyl sites for hydroxylation is 1. The van der Waals surface area contributed by atoms with Crippen LogP contribution >= 0.6 is 0 Å². The molecule has 0 bridgehead atoms. The summed E-state index contributed by atoms with van der Waals surface area (Å²) in [5.74, 6) is 1.73. The number of carbonyl (C=O) groups excluding carboxylic acids is 1. The van der Waals surface area contributed by atoms with Crippen molar-refractivity contribution in [2.24, 2.45) is 18.9 Å². The van der Waals surface area contributed by atoms with E-state index in [9.17, 15) is 4.79 Å². The molecular formula is C22H30N4O. The lowest BCUT2D eigenvalue weighted by Crippen LogP contribution is -2.37. The summed E-state index contributed by atoms with van der Waals surface area (Å²) in [6.07, 6.45) is 8.79. The largest absolute Gasteiger partial charge is 0.356 e. The molecule has 2 N–H and O–H groups in total. The highest BCUT2D eigenvalue weighted by Gasteiger charge is 2.35. The lowest BCUT2D eigenvalue weighted by Gasteiger charge is -2.29. The van der Waals surface area contributed by atoms with Gasteiger partial charge in [0.25, 0.3) is 0 Å². The van der Waals surface area contributed by atoms with Gasteiger partial charge in [-0.15, -0.1) is 0 Å². The molecule has 0 radical (unpaired) electrons. The minimum Gasteiger partial charge on any atom is -0.356 e. The second kappa shape index (κ2) is 8.26. The summed E-state index contributed by atoms with van der Waals surface area (Å²) in [6.45, 7) is 2.43. The molecule has 2 aliphatic rings. The van der Waals surface area contributed by atoms with Crippen molar-refractivity contribution in [2.45, 2.75) is 37.5 Å². The number of benzene rings is 1. The van der Waals surface area contributed by atoms with Gasteiger partial charge in [0.1, 0.15) is 0 Å². The number of hydrogen-bond donors (Lipinski definition) is 2. The van der Waals surface area contributed by atoms with Crippen LogP contribution < -0.4 is 10.6 Å². The molecule has 2 fully saturated rings. The van der Waals surface area contributed by atoms with Crippen molar-refractivity contribution in [2.75, 3.05) is 19.6 Å². The third kappa shape index (κ3) is 4.24. The summed E-state index contributed by atoms with van der Waals surface area (Å²) in [7, 11) is 1.92. The van der Waals surface area contributed by atoms with Crippen LogP contribution in [0, 0.1) is 11.8 Å². The summed E-state index contributed by atoms with van der Waals surface area (Å²) in [5.41, 5.74) is 2.63. The average molecular weight is 367 g/mol. The minimum atomic E-state index is 0.00913. The van der Waals surface area contributed by atoms with Gasteiger partial charge in [-0.2, -0.15) is 5.10 Å². The van der Waals surface area contributed by atoms with Crippen LogP contribution in [-0.2, 0) is 11.8 Å². The van der Waals surface area contributed by atoms with Crippen LogP contribution in [0.15, 0.2) is 42.7 Å². The summed E-state index contributed by atoms with van der Waals surface area (Å²) in [4.78, 5) is 12.8. The average Bonchev–Trinajstić information content (AvgIpc) is 3.36. The van der Waals surface area contributed by atoms with E-state index in [4.69, 9.17) is 0 Å². The van der Waals surface area contributed by atoms with Gasteiger partial charge in [0, 0.05) is 38.8 Å². The first-order valence-corrected chi connectivity index (χ1v) is 10.2. The van der Waals surface area contributed by atoms with Crippen LogP contribution in [0.1, 0.15) is 48.6 Å². The van der Waals surface area contributed by atoms with Crippen LogP contribution in [0.2, 0.25) is 0 Å².